The molecule has 2 unspecified atom stereocenters. The number of benzene rings is 2. The van der Waals surface area contributed by atoms with Crippen molar-refractivity contribution in [2.24, 2.45) is 5.92 Å². The van der Waals surface area contributed by atoms with E-state index in [0.29, 0.717) is 5.56 Å². The molecule has 0 aliphatic rings. The molecule has 5 nitrogen and oxygen atoms in total. The SMILES string of the molecule is CC(C=O)C(CCOC(=O)c1ccccc1)NC(=O)c1ccc(F)cc1. The molecule has 0 aromatic heterocycles. The van der Waals surface area contributed by atoms with Crippen molar-refractivity contribution >= 4 is 18.2 Å². The quantitative estimate of drug-likeness (QED) is 0.582. The molecule has 1 N–H and O–H groups in total. The van der Waals surface area contributed by atoms with Crippen LogP contribution in [0, 0.1) is 11.7 Å². The van der Waals surface area contributed by atoms with E-state index in [1.165, 1.54) is 24.3 Å². The molecular weight excluding hydrogens is 337 g/mol. The fraction of sp³-hybridized carbons (Fsp3) is 0.250. The van der Waals surface area contributed by atoms with E-state index in [4.69, 9.17) is 4.74 Å². The number of carbonyl (C=O) groups excluding carboxylic acids is 3. The smallest absolute Gasteiger partial charge is 0.338 e. The predicted octanol–water partition coefficient (Wildman–Crippen LogP) is 3.01. The summed E-state index contributed by atoms with van der Waals surface area (Å²) in [6, 6.07) is 13.1. The number of hydrogen-bond donors (Lipinski definition) is 1. The molecule has 6 heteroatoms. The highest BCUT2D eigenvalue weighted by Crippen LogP contribution is 2.10. The average Bonchev–Trinajstić information content (AvgIpc) is 2.67. The minimum absolute atomic E-state index is 0.0558. The van der Waals surface area contributed by atoms with Crippen molar-refractivity contribution in [1.29, 1.82) is 0 Å². The highest BCUT2D eigenvalue weighted by molar-refractivity contribution is 5.94. The summed E-state index contributed by atoms with van der Waals surface area (Å²) in [5.41, 5.74) is 0.721. The van der Waals surface area contributed by atoms with Crippen molar-refractivity contribution < 1.29 is 23.5 Å². The average molecular weight is 357 g/mol. The van der Waals surface area contributed by atoms with Crippen LogP contribution in [0.5, 0.6) is 0 Å². The summed E-state index contributed by atoms with van der Waals surface area (Å²) < 4.78 is 18.2. The Hall–Kier alpha value is -3.02. The number of carbonyl (C=O) groups is 3. The van der Waals surface area contributed by atoms with E-state index in [2.05, 4.69) is 5.32 Å². The van der Waals surface area contributed by atoms with E-state index in [0.717, 1.165) is 6.29 Å². The Kier molecular flexibility index (Phi) is 7.02. The van der Waals surface area contributed by atoms with E-state index in [9.17, 15) is 18.8 Å². The van der Waals surface area contributed by atoms with Gasteiger partial charge in [0.15, 0.2) is 0 Å². The van der Waals surface area contributed by atoms with Gasteiger partial charge in [0, 0.05) is 23.9 Å². The Labute approximate surface area is 151 Å². The molecule has 2 aromatic carbocycles. The first-order valence-electron chi connectivity index (χ1n) is 8.25. The first-order valence-corrected chi connectivity index (χ1v) is 8.25. The fourth-order valence-electron chi connectivity index (χ4n) is 2.35. The molecule has 26 heavy (non-hydrogen) atoms. The first-order chi connectivity index (χ1) is 12.5. The van der Waals surface area contributed by atoms with Crippen LogP contribution >= 0.6 is 0 Å². The van der Waals surface area contributed by atoms with E-state index in [1.807, 2.05) is 0 Å². The molecule has 0 bridgehead atoms. The lowest BCUT2D eigenvalue weighted by Gasteiger charge is -2.21. The van der Waals surface area contributed by atoms with Crippen LogP contribution < -0.4 is 5.32 Å². The Bertz CT molecular complexity index is 746. The van der Waals surface area contributed by atoms with Gasteiger partial charge in [-0.05, 0) is 36.4 Å². The number of aldehydes is 1. The molecule has 0 radical (unpaired) electrons. The Morgan fingerprint density at radius 2 is 1.73 bits per heavy atom. The molecule has 0 aliphatic heterocycles. The van der Waals surface area contributed by atoms with Gasteiger partial charge >= 0.3 is 5.97 Å². The summed E-state index contributed by atoms with van der Waals surface area (Å²) in [6.07, 6.45) is 1.01. The summed E-state index contributed by atoms with van der Waals surface area (Å²) >= 11 is 0. The topological polar surface area (TPSA) is 72.5 Å². The van der Waals surface area contributed by atoms with Gasteiger partial charge in [0.25, 0.3) is 5.91 Å². The highest BCUT2D eigenvalue weighted by Gasteiger charge is 2.20. The van der Waals surface area contributed by atoms with Crippen molar-refractivity contribution in [3.63, 3.8) is 0 Å². The maximum atomic E-state index is 13.0. The summed E-state index contributed by atoms with van der Waals surface area (Å²) in [5.74, 6) is -1.78. The van der Waals surface area contributed by atoms with Crippen molar-refractivity contribution in [3.8, 4) is 0 Å². The summed E-state index contributed by atoms with van der Waals surface area (Å²) in [5, 5.41) is 2.73. The minimum Gasteiger partial charge on any atom is -0.462 e. The molecule has 0 fully saturated rings. The Morgan fingerprint density at radius 3 is 2.35 bits per heavy atom. The van der Waals surface area contributed by atoms with Crippen LogP contribution in [-0.2, 0) is 9.53 Å². The summed E-state index contributed by atoms with van der Waals surface area (Å²) in [4.78, 5) is 35.3. The van der Waals surface area contributed by atoms with Crippen molar-refractivity contribution in [1.82, 2.24) is 5.32 Å². The number of rotatable bonds is 8. The van der Waals surface area contributed by atoms with Gasteiger partial charge in [-0.25, -0.2) is 9.18 Å². The van der Waals surface area contributed by atoms with Gasteiger partial charge < -0.3 is 14.8 Å². The largest absolute Gasteiger partial charge is 0.462 e. The molecule has 0 saturated carbocycles. The van der Waals surface area contributed by atoms with E-state index in [-0.39, 0.29) is 18.6 Å². The number of hydrogen-bond acceptors (Lipinski definition) is 4. The van der Waals surface area contributed by atoms with Crippen molar-refractivity contribution in [2.75, 3.05) is 6.61 Å². The number of nitrogens with one attached hydrogen (secondary N) is 1. The molecule has 2 aromatic rings. The molecule has 0 heterocycles. The molecule has 0 saturated heterocycles. The zero-order valence-electron chi connectivity index (χ0n) is 14.4. The zero-order chi connectivity index (χ0) is 18.9. The van der Waals surface area contributed by atoms with Gasteiger partial charge in [-0.15, -0.1) is 0 Å². The fourth-order valence-corrected chi connectivity index (χ4v) is 2.35. The van der Waals surface area contributed by atoms with Gasteiger partial charge in [-0.3, -0.25) is 4.79 Å². The lowest BCUT2D eigenvalue weighted by molar-refractivity contribution is -0.111. The van der Waals surface area contributed by atoms with Crippen LogP contribution in [0.1, 0.15) is 34.1 Å². The van der Waals surface area contributed by atoms with Crippen LogP contribution in [0.3, 0.4) is 0 Å². The first kappa shape index (κ1) is 19.3. The van der Waals surface area contributed by atoms with Gasteiger partial charge in [-0.2, -0.15) is 0 Å². The van der Waals surface area contributed by atoms with Crippen molar-refractivity contribution in [2.45, 2.75) is 19.4 Å². The van der Waals surface area contributed by atoms with Crippen LogP contribution in [0.4, 0.5) is 4.39 Å². The number of halogens is 1. The van der Waals surface area contributed by atoms with Crippen LogP contribution in [0.15, 0.2) is 54.6 Å². The van der Waals surface area contributed by atoms with E-state index in [1.54, 1.807) is 37.3 Å². The monoisotopic (exact) mass is 357 g/mol. The van der Waals surface area contributed by atoms with E-state index >= 15 is 0 Å². The number of ether oxygens (including phenoxy) is 1. The zero-order valence-corrected chi connectivity index (χ0v) is 14.4. The van der Waals surface area contributed by atoms with Gasteiger partial charge in [0.05, 0.1) is 12.2 Å². The predicted molar refractivity (Wildman–Crippen MR) is 94.2 cm³/mol. The van der Waals surface area contributed by atoms with Crippen LogP contribution in [0.25, 0.3) is 0 Å². The molecule has 0 aliphatic carbocycles. The molecule has 2 rings (SSSR count). The Balaban J connectivity index is 1.92. The lowest BCUT2D eigenvalue weighted by Crippen LogP contribution is -2.41. The standard InChI is InChI=1S/C20H20FNO4/c1-14(13-23)18(22-19(24)15-7-9-17(21)10-8-15)11-12-26-20(25)16-5-3-2-4-6-16/h2-10,13-14,18H,11-12H2,1H3,(H,22,24). The molecule has 136 valence electrons. The summed E-state index contributed by atoms with van der Waals surface area (Å²) in [6.45, 7) is 1.72. The van der Waals surface area contributed by atoms with Gasteiger partial charge in [0.2, 0.25) is 0 Å². The molecule has 2 atom stereocenters. The van der Waals surface area contributed by atoms with E-state index < -0.39 is 29.7 Å². The maximum Gasteiger partial charge on any atom is 0.338 e. The van der Waals surface area contributed by atoms with Crippen molar-refractivity contribution in [3.05, 3.63) is 71.5 Å². The van der Waals surface area contributed by atoms with Crippen LogP contribution in [-0.4, -0.2) is 30.8 Å². The van der Waals surface area contributed by atoms with Gasteiger partial charge in [-0.1, -0.05) is 25.1 Å². The molecule has 0 spiro atoms. The highest BCUT2D eigenvalue weighted by atomic mass is 19.1. The van der Waals surface area contributed by atoms with Gasteiger partial charge in [0.1, 0.15) is 12.1 Å². The maximum absolute atomic E-state index is 13.0. The third kappa shape index (κ3) is 5.51. The number of esters is 1. The summed E-state index contributed by atoms with van der Waals surface area (Å²) in [7, 11) is 0. The lowest BCUT2D eigenvalue weighted by atomic mass is 10.00. The minimum atomic E-state index is -0.506. The normalized spacial score (nSPS) is 12.7. The van der Waals surface area contributed by atoms with Crippen LogP contribution in [0.2, 0.25) is 0 Å². The molecule has 1 amide bonds. The molecular formula is C20H20FNO4. The second-order valence-corrected chi connectivity index (χ2v) is 5.87. The second-order valence-electron chi connectivity index (χ2n) is 5.87. The third-order valence-electron chi connectivity index (χ3n) is 3.94. The Morgan fingerprint density at radius 1 is 1.08 bits per heavy atom. The third-order valence-corrected chi connectivity index (χ3v) is 3.94. The number of amides is 1. The second kappa shape index (κ2) is 9.46.